The Labute approximate surface area is 95.7 Å². The molecule has 0 aliphatic carbocycles. The van der Waals surface area contributed by atoms with E-state index >= 15 is 0 Å². The van der Waals surface area contributed by atoms with Crippen molar-refractivity contribution in [3.8, 4) is 0 Å². The highest BCUT2D eigenvalue weighted by atomic mass is 127. The molecular weight excluding hydrogens is 298 g/mol. The third-order valence-electron chi connectivity index (χ3n) is 2.60. The summed E-state index contributed by atoms with van der Waals surface area (Å²) in [6.45, 7) is 11.0. The Morgan fingerprint density at radius 3 is 2.15 bits per heavy atom. The average Bonchev–Trinajstić information content (AvgIpc) is 1.98. The zero-order valence-electron chi connectivity index (χ0n) is 9.16. The molecule has 1 atom stereocenters. The molecule has 0 unspecified atom stereocenters. The normalized spacial score (nSPS) is 15.9. The molecule has 0 saturated carbocycles. The van der Waals surface area contributed by atoms with Crippen LogP contribution in [0.15, 0.2) is 0 Å². The molecule has 0 fully saturated rings. The van der Waals surface area contributed by atoms with Crippen molar-refractivity contribution in [2.75, 3.05) is 11.0 Å². The minimum Gasteiger partial charge on any atom is -0.414 e. The Bertz CT molecular complexity index is 156. The van der Waals surface area contributed by atoms with Crippen molar-refractivity contribution in [2.45, 2.75) is 45.1 Å². The average molecular weight is 318 g/mol. The first-order chi connectivity index (χ1) is 5.70. The van der Waals surface area contributed by atoms with Crippen LogP contribution in [0.25, 0.3) is 0 Å². The van der Waals surface area contributed by atoms with Crippen LogP contribution in [0.5, 0.6) is 0 Å². The summed E-state index contributed by atoms with van der Waals surface area (Å²) in [5.74, 6) is 0. The van der Waals surface area contributed by atoms with Gasteiger partial charge in [-0.05, 0) is 18.1 Å². The van der Waals surface area contributed by atoms with Gasteiger partial charge in [0.25, 0.3) is 0 Å². The van der Waals surface area contributed by atoms with Crippen LogP contribution in [0.3, 0.4) is 0 Å². The molecule has 0 radical (unpaired) electrons. The van der Waals surface area contributed by atoms with Crippen LogP contribution in [0.2, 0.25) is 18.1 Å². The van der Waals surface area contributed by atoms with E-state index in [2.05, 4.69) is 33.9 Å². The maximum atomic E-state index is 12.9. The van der Waals surface area contributed by atoms with Gasteiger partial charge in [0.1, 0.15) is 6.17 Å². The lowest BCUT2D eigenvalue weighted by Gasteiger charge is -2.36. The van der Waals surface area contributed by atoms with E-state index in [-0.39, 0.29) is 11.6 Å². The van der Waals surface area contributed by atoms with Gasteiger partial charge in [-0.3, -0.25) is 0 Å². The summed E-state index contributed by atoms with van der Waals surface area (Å²) in [5, 5.41) is 0.179. The summed E-state index contributed by atoms with van der Waals surface area (Å²) < 4.78 is 19.2. The van der Waals surface area contributed by atoms with E-state index in [0.717, 1.165) is 0 Å². The van der Waals surface area contributed by atoms with Crippen molar-refractivity contribution in [1.82, 2.24) is 0 Å². The van der Waals surface area contributed by atoms with E-state index in [1.807, 2.05) is 22.6 Å². The van der Waals surface area contributed by atoms with E-state index in [0.29, 0.717) is 4.43 Å². The fourth-order valence-corrected chi connectivity index (χ4v) is 1.84. The first-order valence-corrected chi connectivity index (χ1v) is 8.98. The lowest BCUT2D eigenvalue weighted by atomic mass is 10.2. The van der Waals surface area contributed by atoms with Crippen LogP contribution < -0.4 is 0 Å². The number of hydrogen-bond acceptors (Lipinski definition) is 1. The van der Waals surface area contributed by atoms with Crippen molar-refractivity contribution < 1.29 is 8.82 Å². The van der Waals surface area contributed by atoms with Gasteiger partial charge in [-0.2, -0.15) is 0 Å². The summed E-state index contributed by atoms with van der Waals surface area (Å²) in [6, 6.07) is 0. The molecule has 0 spiro atoms. The van der Waals surface area contributed by atoms with Crippen LogP contribution in [-0.4, -0.2) is 25.5 Å². The fraction of sp³-hybridized carbons (Fsp3) is 1.00. The number of rotatable bonds is 4. The Morgan fingerprint density at radius 1 is 1.38 bits per heavy atom. The zero-order chi connectivity index (χ0) is 10.7. The van der Waals surface area contributed by atoms with Gasteiger partial charge in [-0.1, -0.05) is 43.4 Å². The lowest BCUT2D eigenvalue weighted by Crippen LogP contribution is -2.42. The molecule has 0 rings (SSSR count). The lowest BCUT2D eigenvalue weighted by molar-refractivity contribution is 0.199. The Kier molecular flexibility index (Phi) is 5.40. The number of halogens is 2. The Balaban J connectivity index is 4.04. The summed E-state index contributed by atoms with van der Waals surface area (Å²) >= 11 is 2.05. The van der Waals surface area contributed by atoms with Gasteiger partial charge >= 0.3 is 0 Å². The minimum atomic E-state index is -1.73. The van der Waals surface area contributed by atoms with Crippen LogP contribution in [0, 0.1) is 0 Å². The van der Waals surface area contributed by atoms with Gasteiger partial charge in [0.15, 0.2) is 8.32 Å². The van der Waals surface area contributed by atoms with Crippen molar-refractivity contribution in [3.05, 3.63) is 0 Å². The highest BCUT2D eigenvalue weighted by molar-refractivity contribution is 14.1. The second-order valence-corrected chi connectivity index (χ2v) is 10.5. The molecule has 0 aromatic rings. The molecule has 0 aliphatic heterocycles. The molecule has 4 heteroatoms. The second-order valence-electron chi connectivity index (χ2n) is 4.82. The quantitative estimate of drug-likeness (QED) is 0.435. The largest absolute Gasteiger partial charge is 0.414 e. The molecule has 13 heavy (non-hydrogen) atoms. The molecule has 0 aromatic carbocycles. The van der Waals surface area contributed by atoms with Gasteiger partial charge in [-0.15, -0.1) is 0 Å². The zero-order valence-corrected chi connectivity index (χ0v) is 12.3. The van der Waals surface area contributed by atoms with Crippen molar-refractivity contribution in [2.24, 2.45) is 0 Å². The molecule has 0 saturated heterocycles. The standard InChI is InChI=1S/C9H20FIOSi/c1-9(2,3)13(4,5)12-7-8(10)6-11/h8H,6-7H2,1-5H3/t8-/m1/s1. The third-order valence-corrected chi connectivity index (χ3v) is 8.06. The molecule has 80 valence electrons. The van der Waals surface area contributed by atoms with E-state index in [1.165, 1.54) is 0 Å². The second kappa shape index (κ2) is 5.07. The minimum absolute atomic E-state index is 0.179. The molecule has 1 nitrogen and oxygen atoms in total. The molecular formula is C9H20FIOSi. The van der Waals surface area contributed by atoms with Crippen molar-refractivity contribution in [3.63, 3.8) is 0 Å². The SMILES string of the molecule is CC(C)(C)[Si](C)(C)OC[C@H](F)CI. The van der Waals surface area contributed by atoms with Crippen LogP contribution >= 0.6 is 22.6 Å². The van der Waals surface area contributed by atoms with Crippen molar-refractivity contribution in [1.29, 1.82) is 0 Å². The predicted molar refractivity (Wildman–Crippen MR) is 66.9 cm³/mol. The molecule has 0 N–H and O–H groups in total. The van der Waals surface area contributed by atoms with Gasteiger partial charge in [-0.25, -0.2) is 4.39 Å². The molecule has 0 amide bonds. The monoisotopic (exact) mass is 318 g/mol. The number of hydrogen-bond donors (Lipinski definition) is 0. The van der Waals surface area contributed by atoms with Crippen LogP contribution in [0.1, 0.15) is 20.8 Å². The van der Waals surface area contributed by atoms with Crippen LogP contribution in [-0.2, 0) is 4.43 Å². The maximum Gasteiger partial charge on any atom is 0.192 e. The van der Waals surface area contributed by atoms with Gasteiger partial charge in [0.2, 0.25) is 0 Å². The summed E-state index contributed by atoms with van der Waals surface area (Å²) in [6.07, 6.45) is -0.810. The Morgan fingerprint density at radius 2 is 1.85 bits per heavy atom. The van der Waals surface area contributed by atoms with E-state index in [4.69, 9.17) is 4.43 Å². The van der Waals surface area contributed by atoms with Crippen molar-refractivity contribution >= 4 is 30.9 Å². The molecule has 0 bridgehead atoms. The first kappa shape index (κ1) is 13.8. The summed E-state index contributed by atoms with van der Waals surface area (Å²) in [5.41, 5.74) is 0. The number of alkyl halides is 2. The summed E-state index contributed by atoms with van der Waals surface area (Å²) in [4.78, 5) is 0. The van der Waals surface area contributed by atoms with Gasteiger partial charge in [0.05, 0.1) is 6.61 Å². The summed E-state index contributed by atoms with van der Waals surface area (Å²) in [7, 11) is -1.73. The van der Waals surface area contributed by atoms with Gasteiger partial charge in [0, 0.05) is 4.43 Å². The smallest absolute Gasteiger partial charge is 0.192 e. The molecule has 0 heterocycles. The third kappa shape index (κ3) is 4.74. The maximum absolute atomic E-state index is 12.9. The van der Waals surface area contributed by atoms with E-state index < -0.39 is 14.5 Å². The van der Waals surface area contributed by atoms with Gasteiger partial charge < -0.3 is 4.43 Å². The highest BCUT2D eigenvalue weighted by Gasteiger charge is 2.37. The topological polar surface area (TPSA) is 9.23 Å². The van der Waals surface area contributed by atoms with Crippen LogP contribution in [0.4, 0.5) is 4.39 Å². The first-order valence-electron chi connectivity index (χ1n) is 4.54. The van der Waals surface area contributed by atoms with E-state index in [1.54, 1.807) is 0 Å². The Hall–Kier alpha value is 0.837. The molecule has 0 aliphatic rings. The molecule has 0 aromatic heterocycles. The highest BCUT2D eigenvalue weighted by Crippen LogP contribution is 2.36. The fourth-order valence-electron chi connectivity index (χ4n) is 0.560. The predicted octanol–water partition coefficient (Wildman–Crippen LogP) is 3.78. The van der Waals surface area contributed by atoms with E-state index in [9.17, 15) is 4.39 Å².